The lowest BCUT2D eigenvalue weighted by Gasteiger charge is -2.15. The van der Waals surface area contributed by atoms with Gasteiger partial charge in [0.05, 0.1) is 13.0 Å². The first-order valence-electron chi connectivity index (χ1n) is 3.86. The molecule has 2 amide bonds. The van der Waals surface area contributed by atoms with E-state index in [-0.39, 0.29) is 24.8 Å². The summed E-state index contributed by atoms with van der Waals surface area (Å²) in [4.78, 5) is 23.5. The number of rotatable bonds is 2. The second-order valence-corrected chi connectivity index (χ2v) is 2.53. The molecule has 0 saturated carbocycles. The van der Waals surface area contributed by atoms with Crippen LogP contribution in [0.4, 0.5) is 0 Å². The van der Waals surface area contributed by atoms with Crippen molar-refractivity contribution in [3.05, 3.63) is 0 Å². The van der Waals surface area contributed by atoms with Crippen LogP contribution in [0, 0.1) is 0 Å². The summed E-state index contributed by atoms with van der Waals surface area (Å²) < 4.78 is 4.90. The van der Waals surface area contributed by atoms with E-state index in [1.165, 1.54) is 0 Å². The van der Waals surface area contributed by atoms with E-state index in [1.54, 1.807) is 0 Å². The molecule has 1 rings (SSSR count). The van der Waals surface area contributed by atoms with E-state index in [0.29, 0.717) is 19.7 Å². The van der Waals surface area contributed by atoms with Gasteiger partial charge >= 0.3 is 0 Å². The molecule has 2 N–H and O–H groups in total. The molecule has 0 aromatic heterocycles. The lowest BCUT2D eigenvalue weighted by atomic mass is 10.3. The predicted octanol–water partition coefficient (Wildman–Crippen LogP) is -1.28. The van der Waals surface area contributed by atoms with Crippen molar-refractivity contribution in [2.45, 2.75) is 6.42 Å². The van der Waals surface area contributed by atoms with Gasteiger partial charge in [-0.15, -0.1) is 0 Å². The third-order valence-electron chi connectivity index (χ3n) is 1.64. The molecule has 0 atom stereocenters. The highest BCUT2D eigenvalue weighted by Crippen LogP contribution is 2.01. The fourth-order valence-corrected chi connectivity index (χ4v) is 1.05. The topological polar surface area (TPSA) is 72.6 Å². The molecule has 0 bridgehead atoms. The van der Waals surface area contributed by atoms with Crippen molar-refractivity contribution in [2.75, 3.05) is 26.3 Å². The number of hydrogen-bond acceptors (Lipinski definition) is 4. The lowest BCUT2D eigenvalue weighted by Crippen LogP contribution is -2.40. The first-order valence-corrected chi connectivity index (χ1v) is 3.86. The van der Waals surface area contributed by atoms with Crippen molar-refractivity contribution in [3.63, 3.8) is 0 Å². The molecule has 1 heterocycles. The van der Waals surface area contributed by atoms with E-state index in [1.807, 2.05) is 0 Å². The van der Waals surface area contributed by atoms with Crippen molar-refractivity contribution in [2.24, 2.45) is 5.73 Å². The van der Waals surface area contributed by atoms with Gasteiger partial charge in [0.1, 0.15) is 6.61 Å². The van der Waals surface area contributed by atoms with Crippen molar-refractivity contribution in [1.29, 1.82) is 0 Å². The molecular weight excluding hydrogens is 160 g/mol. The second kappa shape index (κ2) is 4.18. The molecule has 0 radical (unpaired) electrons. The van der Waals surface area contributed by atoms with E-state index < -0.39 is 0 Å². The summed E-state index contributed by atoms with van der Waals surface area (Å²) in [5.74, 6) is -0.481. The zero-order chi connectivity index (χ0) is 8.97. The molecule has 0 aromatic carbocycles. The minimum Gasteiger partial charge on any atom is -0.371 e. The lowest BCUT2D eigenvalue weighted by molar-refractivity contribution is -0.144. The Hall–Kier alpha value is -0.940. The summed E-state index contributed by atoms with van der Waals surface area (Å²) in [5, 5.41) is 0. The Kier molecular flexibility index (Phi) is 3.19. The average molecular weight is 172 g/mol. The Balaban J connectivity index is 2.61. The molecule has 0 aromatic rings. The quantitative estimate of drug-likeness (QED) is 0.526. The number of carbonyl (C=O) groups excluding carboxylic acids is 2. The van der Waals surface area contributed by atoms with Crippen LogP contribution in [-0.2, 0) is 14.3 Å². The number of carbonyl (C=O) groups is 2. The first-order chi connectivity index (χ1) is 5.75. The number of imide groups is 1. The van der Waals surface area contributed by atoms with E-state index in [2.05, 4.69) is 0 Å². The van der Waals surface area contributed by atoms with Crippen LogP contribution in [0.2, 0.25) is 0 Å². The largest absolute Gasteiger partial charge is 0.371 e. The molecule has 1 aliphatic rings. The highest BCUT2D eigenvalue weighted by molar-refractivity contribution is 5.96. The molecule has 68 valence electrons. The highest BCUT2D eigenvalue weighted by atomic mass is 16.5. The third-order valence-corrected chi connectivity index (χ3v) is 1.64. The monoisotopic (exact) mass is 172 g/mol. The molecule has 1 fully saturated rings. The summed E-state index contributed by atoms with van der Waals surface area (Å²) in [6.07, 6.45) is 0.270. The van der Waals surface area contributed by atoms with E-state index >= 15 is 0 Å². The van der Waals surface area contributed by atoms with Gasteiger partial charge in [0.15, 0.2) is 0 Å². The molecule has 0 spiro atoms. The van der Waals surface area contributed by atoms with Gasteiger partial charge in [-0.3, -0.25) is 14.5 Å². The van der Waals surface area contributed by atoms with Crippen LogP contribution in [0.5, 0.6) is 0 Å². The van der Waals surface area contributed by atoms with Crippen molar-refractivity contribution in [3.8, 4) is 0 Å². The summed E-state index contributed by atoms with van der Waals surface area (Å²) >= 11 is 0. The molecule has 1 aliphatic heterocycles. The fraction of sp³-hybridized carbons (Fsp3) is 0.714. The van der Waals surface area contributed by atoms with Crippen molar-refractivity contribution in [1.82, 2.24) is 4.90 Å². The van der Waals surface area contributed by atoms with Crippen LogP contribution in [0.1, 0.15) is 6.42 Å². The molecule has 5 heteroatoms. The third kappa shape index (κ3) is 2.02. The summed E-state index contributed by atoms with van der Waals surface area (Å²) in [7, 11) is 0. The Labute approximate surface area is 70.5 Å². The van der Waals surface area contributed by atoms with E-state index in [4.69, 9.17) is 10.5 Å². The normalized spacial score (nSPS) is 19.6. The molecule has 0 unspecified atom stereocenters. The minimum absolute atomic E-state index is 0.00819. The van der Waals surface area contributed by atoms with Gasteiger partial charge in [0.2, 0.25) is 5.91 Å². The van der Waals surface area contributed by atoms with Gasteiger partial charge in [0, 0.05) is 13.1 Å². The number of ether oxygens (including phenoxy) is 1. The number of nitrogens with zero attached hydrogens (tertiary/aromatic N) is 1. The smallest absolute Gasteiger partial charge is 0.255 e. The van der Waals surface area contributed by atoms with Gasteiger partial charge < -0.3 is 10.5 Å². The van der Waals surface area contributed by atoms with Crippen LogP contribution >= 0.6 is 0 Å². The van der Waals surface area contributed by atoms with Gasteiger partial charge in [-0.25, -0.2) is 0 Å². The standard InChI is InChI=1S/C7H12N2O3/c8-2-3-9-6(10)1-4-12-5-7(9)11/h1-5,8H2. The van der Waals surface area contributed by atoms with Gasteiger partial charge in [0.25, 0.3) is 5.91 Å². The van der Waals surface area contributed by atoms with E-state index in [0.717, 1.165) is 4.90 Å². The Morgan fingerprint density at radius 2 is 2.17 bits per heavy atom. The average Bonchev–Trinajstić information content (AvgIpc) is 2.19. The predicted molar refractivity (Wildman–Crippen MR) is 41.2 cm³/mol. The van der Waals surface area contributed by atoms with Gasteiger partial charge in [-0.1, -0.05) is 0 Å². The highest BCUT2D eigenvalue weighted by Gasteiger charge is 2.23. The van der Waals surface area contributed by atoms with Crippen LogP contribution in [0.25, 0.3) is 0 Å². The minimum atomic E-state index is -0.289. The van der Waals surface area contributed by atoms with Crippen LogP contribution in [-0.4, -0.2) is 43.0 Å². The first kappa shape index (κ1) is 9.15. The molecule has 0 aliphatic carbocycles. The molecule has 1 saturated heterocycles. The number of amides is 2. The zero-order valence-electron chi connectivity index (χ0n) is 6.78. The number of hydrogen-bond donors (Lipinski definition) is 1. The van der Waals surface area contributed by atoms with Crippen molar-refractivity contribution >= 4 is 11.8 Å². The van der Waals surface area contributed by atoms with E-state index in [9.17, 15) is 9.59 Å². The second-order valence-electron chi connectivity index (χ2n) is 2.53. The summed E-state index contributed by atoms with van der Waals surface area (Å²) in [5.41, 5.74) is 5.25. The Morgan fingerprint density at radius 3 is 2.83 bits per heavy atom. The maximum atomic E-state index is 11.2. The van der Waals surface area contributed by atoms with Crippen LogP contribution < -0.4 is 5.73 Å². The molecule has 12 heavy (non-hydrogen) atoms. The van der Waals surface area contributed by atoms with Gasteiger partial charge in [-0.2, -0.15) is 0 Å². The van der Waals surface area contributed by atoms with Crippen molar-refractivity contribution < 1.29 is 14.3 Å². The van der Waals surface area contributed by atoms with Gasteiger partial charge in [-0.05, 0) is 0 Å². The maximum Gasteiger partial charge on any atom is 0.255 e. The van der Waals surface area contributed by atoms with Crippen LogP contribution in [0.3, 0.4) is 0 Å². The molecule has 5 nitrogen and oxygen atoms in total. The summed E-state index contributed by atoms with van der Waals surface area (Å²) in [6, 6.07) is 0. The summed E-state index contributed by atoms with van der Waals surface area (Å²) in [6.45, 7) is 0.913. The Morgan fingerprint density at radius 1 is 1.42 bits per heavy atom. The van der Waals surface area contributed by atoms with Crippen LogP contribution in [0.15, 0.2) is 0 Å². The molecular formula is C7H12N2O3. The maximum absolute atomic E-state index is 11.2. The zero-order valence-corrected chi connectivity index (χ0v) is 6.78. The SMILES string of the molecule is NCCN1C(=O)CCOCC1=O. The Bertz CT molecular complexity index is 175. The number of nitrogens with two attached hydrogens (primary N) is 1. The fourth-order valence-electron chi connectivity index (χ4n) is 1.05.